The first-order chi connectivity index (χ1) is 15.6. The second-order valence-electron chi connectivity index (χ2n) is 6.63. The second-order valence-corrected chi connectivity index (χ2v) is 8.51. The normalized spacial score (nSPS) is 10.8. The van der Waals surface area contributed by atoms with E-state index >= 15 is 0 Å². The van der Waals surface area contributed by atoms with E-state index in [1.807, 2.05) is 24.3 Å². The fourth-order valence-electron chi connectivity index (χ4n) is 3.08. The molecule has 0 aliphatic rings. The molecule has 0 atom stereocenters. The molecule has 0 fully saturated rings. The summed E-state index contributed by atoms with van der Waals surface area (Å²) in [7, 11) is 0. The third-order valence-electron chi connectivity index (χ3n) is 4.52. The molecule has 9 heteroatoms. The molecule has 2 aromatic heterocycles. The number of benzene rings is 2. The predicted molar refractivity (Wildman–Crippen MR) is 125 cm³/mol. The van der Waals surface area contributed by atoms with Gasteiger partial charge in [-0.05, 0) is 42.6 Å². The van der Waals surface area contributed by atoms with Crippen LogP contribution in [0.25, 0.3) is 22.0 Å². The van der Waals surface area contributed by atoms with Crippen molar-refractivity contribution in [3.8, 4) is 11.3 Å². The zero-order valence-electron chi connectivity index (χ0n) is 17.0. The number of nitrogens with one attached hydrogen (secondary N) is 1. The van der Waals surface area contributed by atoms with Crippen LogP contribution in [0.3, 0.4) is 0 Å². The average Bonchev–Trinajstić information content (AvgIpc) is 3.26. The Morgan fingerprint density at radius 3 is 2.56 bits per heavy atom. The molecule has 2 aromatic carbocycles. The zero-order chi connectivity index (χ0) is 22.5. The van der Waals surface area contributed by atoms with Gasteiger partial charge in [-0.25, -0.2) is 9.18 Å². The number of rotatable bonds is 7. The van der Waals surface area contributed by atoms with Crippen molar-refractivity contribution in [2.75, 3.05) is 17.7 Å². The summed E-state index contributed by atoms with van der Waals surface area (Å²) in [5.41, 5.74) is 1.74. The number of esters is 1. The highest BCUT2D eigenvalue weighted by molar-refractivity contribution is 8.00. The largest absolute Gasteiger partial charge is 0.462 e. The first-order valence-corrected chi connectivity index (χ1v) is 11.6. The number of ether oxygens (including phenoxy) is 1. The molecule has 6 nitrogen and oxygen atoms in total. The number of carbonyl (C=O) groups is 2. The number of carbonyl (C=O) groups excluding carboxylic acids is 2. The molecule has 2 heterocycles. The molecule has 0 bridgehead atoms. The maximum absolute atomic E-state index is 13.3. The minimum atomic E-state index is -0.468. The Bertz CT molecular complexity index is 1280. The lowest BCUT2D eigenvalue weighted by molar-refractivity contribution is -0.113. The van der Waals surface area contributed by atoms with Crippen molar-refractivity contribution in [3.63, 3.8) is 0 Å². The van der Waals surface area contributed by atoms with Crippen molar-refractivity contribution in [1.82, 2.24) is 10.2 Å². The number of thiophene rings is 1. The van der Waals surface area contributed by atoms with Crippen molar-refractivity contribution in [2.45, 2.75) is 11.9 Å². The van der Waals surface area contributed by atoms with Gasteiger partial charge in [0.2, 0.25) is 5.91 Å². The van der Waals surface area contributed by atoms with E-state index in [0.717, 1.165) is 16.3 Å². The predicted octanol–water partition coefficient (Wildman–Crippen LogP) is 5.40. The van der Waals surface area contributed by atoms with Crippen LogP contribution in [0.2, 0.25) is 0 Å². The number of aromatic nitrogens is 2. The molecule has 4 rings (SSSR count). The number of hydrogen-bond donors (Lipinski definition) is 1. The summed E-state index contributed by atoms with van der Waals surface area (Å²) >= 11 is 2.51. The molecular weight excluding hydrogens is 449 g/mol. The summed E-state index contributed by atoms with van der Waals surface area (Å²) in [6.07, 6.45) is 0. The monoisotopic (exact) mass is 467 g/mol. The molecule has 1 amide bonds. The van der Waals surface area contributed by atoms with Crippen LogP contribution in [0.5, 0.6) is 0 Å². The Labute approximate surface area is 191 Å². The third-order valence-corrected chi connectivity index (χ3v) is 6.34. The molecule has 0 spiro atoms. The molecule has 0 aliphatic heterocycles. The van der Waals surface area contributed by atoms with Crippen LogP contribution in [0.4, 0.5) is 9.39 Å². The van der Waals surface area contributed by atoms with Crippen LogP contribution < -0.4 is 5.32 Å². The lowest BCUT2D eigenvalue weighted by Gasteiger charge is -2.09. The first-order valence-electron chi connectivity index (χ1n) is 9.75. The number of hydrogen-bond acceptors (Lipinski definition) is 7. The first kappa shape index (κ1) is 21.9. The van der Waals surface area contributed by atoms with E-state index in [4.69, 9.17) is 4.74 Å². The summed E-state index contributed by atoms with van der Waals surface area (Å²) in [5, 5.41) is 15.9. The van der Waals surface area contributed by atoms with E-state index in [1.165, 1.54) is 35.2 Å². The van der Waals surface area contributed by atoms with E-state index in [-0.39, 0.29) is 24.1 Å². The average molecular weight is 468 g/mol. The summed E-state index contributed by atoms with van der Waals surface area (Å²) in [5.74, 6) is -0.961. The lowest BCUT2D eigenvalue weighted by atomic mass is 10.1. The quantitative estimate of drug-likeness (QED) is 0.289. The maximum Gasteiger partial charge on any atom is 0.341 e. The third kappa shape index (κ3) is 4.79. The number of nitrogens with zero attached hydrogens (tertiary/aromatic N) is 2. The lowest BCUT2D eigenvalue weighted by Crippen LogP contribution is -2.16. The van der Waals surface area contributed by atoms with E-state index in [9.17, 15) is 14.0 Å². The van der Waals surface area contributed by atoms with Gasteiger partial charge in [-0.2, -0.15) is 0 Å². The molecule has 0 unspecified atom stereocenters. The van der Waals surface area contributed by atoms with Gasteiger partial charge >= 0.3 is 5.97 Å². The Balaban J connectivity index is 1.51. The molecule has 0 saturated carbocycles. The van der Waals surface area contributed by atoms with Crippen LogP contribution in [0, 0.1) is 5.82 Å². The van der Waals surface area contributed by atoms with Crippen LogP contribution >= 0.6 is 23.1 Å². The molecule has 0 aliphatic carbocycles. The van der Waals surface area contributed by atoms with Crippen LogP contribution in [0.15, 0.2) is 65.0 Å². The van der Waals surface area contributed by atoms with Crippen molar-refractivity contribution in [1.29, 1.82) is 0 Å². The van der Waals surface area contributed by atoms with Crippen molar-refractivity contribution >= 4 is 50.7 Å². The van der Waals surface area contributed by atoms with Crippen molar-refractivity contribution < 1.29 is 18.7 Å². The Morgan fingerprint density at radius 2 is 1.81 bits per heavy atom. The van der Waals surface area contributed by atoms with Gasteiger partial charge in [0.15, 0.2) is 0 Å². The summed E-state index contributed by atoms with van der Waals surface area (Å²) < 4.78 is 18.3. The van der Waals surface area contributed by atoms with Crippen LogP contribution in [0.1, 0.15) is 17.3 Å². The molecular formula is C23H18FN3O3S2. The fourth-order valence-corrected chi connectivity index (χ4v) is 4.64. The van der Waals surface area contributed by atoms with E-state index < -0.39 is 5.97 Å². The highest BCUT2D eigenvalue weighted by atomic mass is 32.2. The van der Waals surface area contributed by atoms with E-state index in [0.29, 0.717) is 21.3 Å². The number of thioether (sulfide) groups is 1. The van der Waals surface area contributed by atoms with Crippen molar-refractivity contribution in [3.05, 3.63) is 71.4 Å². The Kier molecular flexibility index (Phi) is 6.77. The van der Waals surface area contributed by atoms with E-state index in [2.05, 4.69) is 15.5 Å². The number of fused-ring (bicyclic) bond motifs is 1. The van der Waals surface area contributed by atoms with Gasteiger partial charge < -0.3 is 10.1 Å². The zero-order valence-corrected chi connectivity index (χ0v) is 18.6. The van der Waals surface area contributed by atoms with E-state index in [1.54, 1.807) is 30.5 Å². The highest BCUT2D eigenvalue weighted by Crippen LogP contribution is 2.32. The SMILES string of the molecule is CCOC(=O)c1ccsc1NC(=O)CSc1nnc(-c2ccc(F)cc2)c2ccccc12. The maximum atomic E-state index is 13.3. The summed E-state index contributed by atoms with van der Waals surface area (Å²) in [6.45, 7) is 1.99. The molecule has 0 saturated heterocycles. The minimum absolute atomic E-state index is 0.0920. The summed E-state index contributed by atoms with van der Waals surface area (Å²) in [6, 6.07) is 15.3. The van der Waals surface area contributed by atoms with Gasteiger partial charge in [-0.1, -0.05) is 36.0 Å². The number of anilines is 1. The molecule has 4 aromatic rings. The van der Waals surface area contributed by atoms with Gasteiger partial charge in [0.1, 0.15) is 21.5 Å². The topological polar surface area (TPSA) is 81.2 Å². The summed E-state index contributed by atoms with van der Waals surface area (Å²) in [4.78, 5) is 24.5. The van der Waals surface area contributed by atoms with Crippen molar-refractivity contribution in [2.24, 2.45) is 0 Å². The van der Waals surface area contributed by atoms with Gasteiger partial charge in [0.25, 0.3) is 0 Å². The number of amides is 1. The molecule has 32 heavy (non-hydrogen) atoms. The minimum Gasteiger partial charge on any atom is -0.462 e. The number of halogens is 1. The van der Waals surface area contributed by atoms with Crippen LogP contribution in [-0.2, 0) is 9.53 Å². The Hall–Kier alpha value is -3.30. The molecule has 0 radical (unpaired) electrons. The fraction of sp³-hybridized carbons (Fsp3) is 0.130. The highest BCUT2D eigenvalue weighted by Gasteiger charge is 2.17. The van der Waals surface area contributed by atoms with Gasteiger partial charge in [-0.15, -0.1) is 21.5 Å². The Morgan fingerprint density at radius 1 is 1.06 bits per heavy atom. The van der Waals surface area contributed by atoms with Gasteiger partial charge in [0.05, 0.1) is 17.9 Å². The molecule has 1 N–H and O–H groups in total. The van der Waals surface area contributed by atoms with Gasteiger partial charge in [-0.3, -0.25) is 4.79 Å². The standard InChI is InChI=1S/C23H18FN3O3S2/c1-2-30-23(29)18-11-12-31-21(18)25-19(28)13-32-22-17-6-4-3-5-16(17)20(26-27-22)14-7-9-15(24)10-8-14/h3-12H,2,13H2,1H3,(H,25,28). The van der Waals surface area contributed by atoms with Crippen LogP contribution in [-0.4, -0.2) is 34.4 Å². The second kappa shape index (κ2) is 9.88. The molecule has 162 valence electrons. The smallest absolute Gasteiger partial charge is 0.341 e. The van der Waals surface area contributed by atoms with Gasteiger partial charge in [0, 0.05) is 16.3 Å².